The first-order valence-corrected chi connectivity index (χ1v) is 8.33. The number of carbonyl (C=O) groups excluding carboxylic acids is 1. The molecule has 1 aromatic heterocycles. The number of hydrogen-bond acceptors (Lipinski definition) is 3. The van der Waals surface area contributed by atoms with Crippen molar-refractivity contribution in [2.24, 2.45) is 0 Å². The molecule has 2 aromatic rings. The van der Waals surface area contributed by atoms with Crippen LogP contribution in [-0.2, 0) is 6.42 Å². The zero-order valence-electron chi connectivity index (χ0n) is 13.9. The Morgan fingerprint density at radius 2 is 1.74 bits per heavy atom. The van der Waals surface area contributed by atoms with Gasteiger partial charge in [0.2, 0.25) is 0 Å². The predicted molar refractivity (Wildman–Crippen MR) is 96.0 cm³/mol. The van der Waals surface area contributed by atoms with Gasteiger partial charge in [0.05, 0.1) is 11.9 Å². The van der Waals surface area contributed by atoms with Crippen molar-refractivity contribution in [1.29, 1.82) is 0 Å². The van der Waals surface area contributed by atoms with E-state index in [2.05, 4.69) is 29.5 Å². The molecule has 1 amide bonds. The maximum absolute atomic E-state index is 12.2. The molecule has 4 nitrogen and oxygen atoms in total. The van der Waals surface area contributed by atoms with Crippen LogP contribution in [-0.4, -0.2) is 17.4 Å². The molecule has 0 atom stereocenters. The van der Waals surface area contributed by atoms with E-state index in [0.29, 0.717) is 5.69 Å². The van der Waals surface area contributed by atoms with Crippen LogP contribution in [0.3, 0.4) is 0 Å². The van der Waals surface area contributed by atoms with Crippen molar-refractivity contribution in [3.05, 3.63) is 53.9 Å². The van der Waals surface area contributed by atoms with E-state index in [1.54, 1.807) is 12.3 Å². The number of aryl methyl sites for hydroxylation is 1. The molecular weight excluding hydrogens is 286 g/mol. The molecule has 4 heteroatoms. The van der Waals surface area contributed by atoms with Gasteiger partial charge in [0, 0.05) is 12.2 Å². The van der Waals surface area contributed by atoms with E-state index in [4.69, 9.17) is 0 Å². The number of benzene rings is 1. The lowest BCUT2D eigenvalue weighted by Gasteiger charge is -2.08. The van der Waals surface area contributed by atoms with Crippen molar-refractivity contribution < 1.29 is 4.79 Å². The summed E-state index contributed by atoms with van der Waals surface area (Å²) in [6.45, 7) is 5.23. The van der Waals surface area contributed by atoms with Crippen LogP contribution in [0.1, 0.15) is 49.2 Å². The monoisotopic (exact) mass is 311 g/mol. The van der Waals surface area contributed by atoms with Gasteiger partial charge >= 0.3 is 0 Å². The van der Waals surface area contributed by atoms with E-state index in [9.17, 15) is 4.79 Å². The molecule has 2 rings (SSSR count). The number of unbranched alkanes of at least 4 members (excludes halogenated alkanes) is 2. The van der Waals surface area contributed by atoms with Crippen LogP contribution in [0.15, 0.2) is 42.6 Å². The second-order valence-corrected chi connectivity index (χ2v) is 5.57. The van der Waals surface area contributed by atoms with Crippen molar-refractivity contribution >= 4 is 17.3 Å². The van der Waals surface area contributed by atoms with Crippen molar-refractivity contribution in [2.45, 2.75) is 39.5 Å². The molecule has 0 spiro atoms. The third kappa shape index (κ3) is 5.40. The molecule has 1 aromatic carbocycles. The van der Waals surface area contributed by atoms with E-state index in [0.717, 1.165) is 30.8 Å². The first kappa shape index (κ1) is 17.0. The Bertz CT molecular complexity index is 606. The van der Waals surface area contributed by atoms with E-state index in [-0.39, 0.29) is 5.91 Å². The maximum Gasteiger partial charge on any atom is 0.274 e. The van der Waals surface area contributed by atoms with Crippen molar-refractivity contribution in [3.63, 3.8) is 0 Å². The van der Waals surface area contributed by atoms with Gasteiger partial charge in [-0.15, -0.1) is 0 Å². The number of carbonyl (C=O) groups is 1. The van der Waals surface area contributed by atoms with Gasteiger partial charge in [-0.2, -0.15) is 0 Å². The molecule has 2 N–H and O–H groups in total. The molecule has 122 valence electrons. The second kappa shape index (κ2) is 8.93. The second-order valence-electron chi connectivity index (χ2n) is 5.57. The first-order chi connectivity index (χ1) is 11.2. The fourth-order valence-electron chi connectivity index (χ4n) is 2.26. The average Bonchev–Trinajstić information content (AvgIpc) is 2.60. The Hall–Kier alpha value is -2.36. The van der Waals surface area contributed by atoms with Gasteiger partial charge in [-0.3, -0.25) is 4.79 Å². The van der Waals surface area contributed by atoms with E-state index in [1.165, 1.54) is 18.4 Å². The summed E-state index contributed by atoms with van der Waals surface area (Å²) in [5, 5.41) is 6.18. The van der Waals surface area contributed by atoms with Gasteiger partial charge in [-0.25, -0.2) is 4.98 Å². The van der Waals surface area contributed by atoms with Crippen molar-refractivity contribution in [1.82, 2.24) is 4.98 Å². The summed E-state index contributed by atoms with van der Waals surface area (Å²) in [6.07, 6.45) is 6.27. The summed E-state index contributed by atoms with van der Waals surface area (Å²) in [7, 11) is 0. The number of nitrogens with zero attached hydrogens (tertiary/aromatic N) is 1. The zero-order valence-corrected chi connectivity index (χ0v) is 13.9. The molecule has 1 heterocycles. The lowest BCUT2D eigenvalue weighted by molar-refractivity contribution is 0.102. The lowest BCUT2D eigenvalue weighted by Crippen LogP contribution is -2.13. The lowest BCUT2D eigenvalue weighted by atomic mass is 10.1. The highest BCUT2D eigenvalue weighted by Crippen LogP contribution is 2.12. The normalized spacial score (nSPS) is 10.3. The Balaban J connectivity index is 1.88. The van der Waals surface area contributed by atoms with E-state index in [1.807, 2.05) is 30.3 Å². The smallest absolute Gasteiger partial charge is 0.274 e. The van der Waals surface area contributed by atoms with Crippen molar-refractivity contribution in [3.8, 4) is 0 Å². The molecule has 0 fully saturated rings. The quantitative estimate of drug-likeness (QED) is 0.706. The summed E-state index contributed by atoms with van der Waals surface area (Å²) in [5.74, 6) is -0.188. The minimum absolute atomic E-state index is 0.188. The highest BCUT2D eigenvalue weighted by molar-refractivity contribution is 6.02. The molecular formula is C19H25N3O. The average molecular weight is 311 g/mol. The van der Waals surface area contributed by atoms with Gasteiger partial charge in [-0.05, 0) is 42.7 Å². The molecule has 0 saturated heterocycles. The molecule has 0 aliphatic rings. The van der Waals surface area contributed by atoms with Crippen molar-refractivity contribution in [2.75, 3.05) is 17.2 Å². The molecule has 0 unspecified atom stereocenters. The number of nitrogens with one attached hydrogen (secondary N) is 2. The van der Waals surface area contributed by atoms with Crippen LogP contribution in [0.2, 0.25) is 0 Å². The van der Waals surface area contributed by atoms with Gasteiger partial charge in [0.15, 0.2) is 0 Å². The minimum Gasteiger partial charge on any atom is -0.384 e. The van der Waals surface area contributed by atoms with Crippen LogP contribution in [0.4, 0.5) is 11.4 Å². The third-order valence-electron chi connectivity index (χ3n) is 3.73. The van der Waals surface area contributed by atoms with Gasteiger partial charge in [-0.1, -0.05) is 38.8 Å². The topological polar surface area (TPSA) is 54.0 Å². The van der Waals surface area contributed by atoms with Gasteiger partial charge < -0.3 is 10.6 Å². The maximum atomic E-state index is 12.2. The van der Waals surface area contributed by atoms with E-state index >= 15 is 0 Å². The number of amides is 1. The molecule has 0 bridgehead atoms. The van der Waals surface area contributed by atoms with Crippen LogP contribution < -0.4 is 10.6 Å². The molecule has 0 aliphatic carbocycles. The predicted octanol–water partition coefficient (Wildman–Crippen LogP) is 4.50. The highest BCUT2D eigenvalue weighted by Gasteiger charge is 2.07. The van der Waals surface area contributed by atoms with Crippen LogP contribution in [0.5, 0.6) is 0 Å². The number of hydrogen-bond donors (Lipinski definition) is 2. The van der Waals surface area contributed by atoms with Gasteiger partial charge in [0.25, 0.3) is 5.91 Å². The summed E-state index contributed by atoms with van der Waals surface area (Å²) in [4.78, 5) is 16.4. The number of pyridine rings is 1. The molecule has 0 aliphatic heterocycles. The standard InChI is InChI=1S/C19H25N3O/c1-3-5-6-13-20-17-11-12-18(21-14-17)19(23)22-16-9-7-15(4-2)8-10-16/h7-12,14,20H,3-6,13H2,1-2H3,(H,22,23). The molecule has 23 heavy (non-hydrogen) atoms. The Labute approximate surface area is 138 Å². The fourth-order valence-corrected chi connectivity index (χ4v) is 2.26. The molecule has 0 saturated carbocycles. The fraction of sp³-hybridized carbons (Fsp3) is 0.368. The highest BCUT2D eigenvalue weighted by atomic mass is 16.1. The van der Waals surface area contributed by atoms with Gasteiger partial charge in [0.1, 0.15) is 5.69 Å². The van der Waals surface area contributed by atoms with Crippen LogP contribution in [0.25, 0.3) is 0 Å². The summed E-state index contributed by atoms with van der Waals surface area (Å²) < 4.78 is 0. The summed E-state index contributed by atoms with van der Waals surface area (Å²) in [6, 6.07) is 11.5. The first-order valence-electron chi connectivity index (χ1n) is 8.33. The largest absolute Gasteiger partial charge is 0.384 e. The number of rotatable bonds is 8. The van der Waals surface area contributed by atoms with Crippen LogP contribution >= 0.6 is 0 Å². The summed E-state index contributed by atoms with van der Waals surface area (Å²) in [5.41, 5.74) is 3.41. The Morgan fingerprint density at radius 3 is 2.35 bits per heavy atom. The zero-order chi connectivity index (χ0) is 16.5. The number of anilines is 2. The van der Waals surface area contributed by atoms with Crippen LogP contribution in [0, 0.1) is 0 Å². The molecule has 0 radical (unpaired) electrons. The summed E-state index contributed by atoms with van der Waals surface area (Å²) >= 11 is 0. The minimum atomic E-state index is -0.188. The Morgan fingerprint density at radius 1 is 1.00 bits per heavy atom. The third-order valence-corrected chi connectivity index (χ3v) is 3.73. The number of aromatic nitrogens is 1. The SMILES string of the molecule is CCCCCNc1ccc(C(=O)Nc2ccc(CC)cc2)nc1. The van der Waals surface area contributed by atoms with E-state index < -0.39 is 0 Å². The Kier molecular flexibility index (Phi) is 6.60.